The highest BCUT2D eigenvalue weighted by Crippen LogP contribution is 2.40. The first kappa shape index (κ1) is 15.0. The molecule has 0 aliphatic carbocycles. The van der Waals surface area contributed by atoms with Crippen LogP contribution in [0.25, 0.3) is 0 Å². The van der Waals surface area contributed by atoms with Crippen LogP contribution >= 0.6 is 0 Å². The number of aromatic amines is 1. The average molecular weight is 314 g/mol. The third-order valence-electron chi connectivity index (χ3n) is 3.92. The van der Waals surface area contributed by atoms with Crippen LogP contribution in [0.5, 0.6) is 0 Å². The van der Waals surface area contributed by atoms with Crippen molar-refractivity contribution in [3.05, 3.63) is 75.1 Å². The fourth-order valence-electron chi connectivity index (χ4n) is 2.92. The Morgan fingerprint density at radius 2 is 2.00 bits per heavy atom. The van der Waals surface area contributed by atoms with Crippen LogP contribution in [-0.4, -0.2) is 18.1 Å². The maximum atomic E-state index is 14.4. The molecule has 0 fully saturated rings. The van der Waals surface area contributed by atoms with E-state index in [4.69, 9.17) is 4.74 Å². The largest absolute Gasteiger partial charge is 0.466 e. The van der Waals surface area contributed by atoms with Crippen molar-refractivity contribution in [2.24, 2.45) is 0 Å². The van der Waals surface area contributed by atoms with Crippen LogP contribution in [0.3, 0.4) is 0 Å². The van der Waals surface area contributed by atoms with Crippen LogP contribution in [0.2, 0.25) is 0 Å². The van der Waals surface area contributed by atoms with E-state index in [1.165, 1.54) is 19.4 Å². The number of hydrogen-bond acceptors (Lipinski definition) is 4. The SMILES string of the molecule is COC(=O)C1=C(C)Nc2cc[nH]c(=O)c2C1c1ccccc1F. The van der Waals surface area contributed by atoms with Gasteiger partial charge in [0.05, 0.1) is 24.2 Å². The summed E-state index contributed by atoms with van der Waals surface area (Å²) in [5.74, 6) is -1.91. The van der Waals surface area contributed by atoms with Gasteiger partial charge in [0.25, 0.3) is 5.56 Å². The molecule has 0 bridgehead atoms. The van der Waals surface area contributed by atoms with Gasteiger partial charge < -0.3 is 15.0 Å². The van der Waals surface area contributed by atoms with Crippen LogP contribution in [0.15, 0.2) is 52.6 Å². The van der Waals surface area contributed by atoms with E-state index < -0.39 is 17.7 Å². The lowest BCUT2D eigenvalue weighted by molar-refractivity contribution is -0.136. The second-order valence-electron chi connectivity index (χ2n) is 5.24. The van der Waals surface area contributed by atoms with Crippen molar-refractivity contribution in [3.8, 4) is 0 Å². The minimum absolute atomic E-state index is 0.224. The summed E-state index contributed by atoms with van der Waals surface area (Å²) in [7, 11) is 1.26. The molecule has 2 N–H and O–H groups in total. The van der Waals surface area contributed by atoms with Crippen molar-refractivity contribution in [2.75, 3.05) is 12.4 Å². The number of fused-ring (bicyclic) bond motifs is 1. The van der Waals surface area contributed by atoms with Gasteiger partial charge in [-0.15, -0.1) is 0 Å². The number of carbonyl (C=O) groups is 1. The van der Waals surface area contributed by atoms with Gasteiger partial charge in [-0.2, -0.15) is 0 Å². The van der Waals surface area contributed by atoms with E-state index in [1.54, 1.807) is 31.2 Å². The number of aromatic nitrogens is 1. The maximum Gasteiger partial charge on any atom is 0.336 e. The van der Waals surface area contributed by atoms with E-state index in [2.05, 4.69) is 10.3 Å². The summed E-state index contributed by atoms with van der Waals surface area (Å²) in [5.41, 5.74) is 1.48. The number of ether oxygens (including phenoxy) is 1. The molecule has 0 saturated heterocycles. The summed E-state index contributed by atoms with van der Waals surface area (Å²) in [4.78, 5) is 27.1. The number of carbonyl (C=O) groups excluding carboxylic acids is 1. The molecule has 0 radical (unpaired) electrons. The van der Waals surface area contributed by atoms with Gasteiger partial charge >= 0.3 is 5.97 Å². The number of esters is 1. The fraction of sp³-hybridized carbons (Fsp3) is 0.176. The van der Waals surface area contributed by atoms with Crippen molar-refractivity contribution in [1.29, 1.82) is 0 Å². The molecule has 0 saturated carbocycles. The molecule has 2 aromatic rings. The van der Waals surface area contributed by atoms with Crippen molar-refractivity contribution < 1.29 is 13.9 Å². The second-order valence-corrected chi connectivity index (χ2v) is 5.24. The Kier molecular flexibility index (Phi) is 3.73. The number of hydrogen-bond donors (Lipinski definition) is 2. The molecule has 1 unspecified atom stereocenters. The highest BCUT2D eigenvalue weighted by molar-refractivity contribution is 5.94. The van der Waals surface area contributed by atoms with Crippen LogP contribution in [0.1, 0.15) is 24.0 Å². The molecule has 1 aromatic heterocycles. The molecule has 118 valence electrons. The zero-order valence-corrected chi connectivity index (χ0v) is 12.6. The highest BCUT2D eigenvalue weighted by atomic mass is 19.1. The molecule has 5 nitrogen and oxygen atoms in total. The van der Waals surface area contributed by atoms with Gasteiger partial charge in [-0.1, -0.05) is 18.2 Å². The van der Waals surface area contributed by atoms with Crippen molar-refractivity contribution >= 4 is 11.7 Å². The van der Waals surface area contributed by atoms with E-state index in [9.17, 15) is 14.0 Å². The lowest BCUT2D eigenvalue weighted by Gasteiger charge is -2.29. The molecular formula is C17H15FN2O3. The predicted octanol–water partition coefficient (Wildman–Crippen LogP) is 2.52. The lowest BCUT2D eigenvalue weighted by Crippen LogP contribution is -2.29. The first-order chi connectivity index (χ1) is 11.0. The molecule has 0 spiro atoms. The van der Waals surface area contributed by atoms with E-state index >= 15 is 0 Å². The number of H-pyrrole nitrogens is 1. The van der Waals surface area contributed by atoms with Crippen molar-refractivity contribution in [1.82, 2.24) is 4.98 Å². The summed E-state index contributed by atoms with van der Waals surface area (Å²) in [5, 5.41) is 3.02. The van der Waals surface area contributed by atoms with Gasteiger partial charge in [0.15, 0.2) is 0 Å². The molecule has 1 aliphatic rings. The quantitative estimate of drug-likeness (QED) is 0.836. The standard InChI is InChI=1S/C17H15FN2O3/c1-9-13(17(22)23-2)14(10-5-3-4-6-11(10)18)15-12(20-9)7-8-19-16(15)21/h3-8,14,20H,1-2H3,(H,19,21). The minimum Gasteiger partial charge on any atom is -0.466 e. The van der Waals surface area contributed by atoms with Gasteiger partial charge in [-0.3, -0.25) is 4.79 Å². The van der Waals surface area contributed by atoms with Crippen molar-refractivity contribution in [3.63, 3.8) is 0 Å². The van der Waals surface area contributed by atoms with Crippen LogP contribution in [0, 0.1) is 5.82 Å². The summed E-state index contributed by atoms with van der Waals surface area (Å²) in [6, 6.07) is 7.78. The van der Waals surface area contributed by atoms with Crippen LogP contribution in [0.4, 0.5) is 10.1 Å². The number of rotatable bonds is 2. The molecule has 1 atom stereocenters. The molecule has 0 amide bonds. The van der Waals surface area contributed by atoms with Gasteiger partial charge in [-0.25, -0.2) is 9.18 Å². The van der Waals surface area contributed by atoms with Gasteiger partial charge in [0, 0.05) is 23.1 Å². The number of halogens is 1. The monoisotopic (exact) mass is 314 g/mol. The first-order valence-corrected chi connectivity index (χ1v) is 7.06. The summed E-state index contributed by atoms with van der Waals surface area (Å²) < 4.78 is 19.2. The Hall–Kier alpha value is -2.89. The molecular weight excluding hydrogens is 299 g/mol. The van der Waals surface area contributed by atoms with E-state index in [0.29, 0.717) is 16.9 Å². The third kappa shape index (κ3) is 2.42. The van der Waals surface area contributed by atoms with Crippen LogP contribution in [-0.2, 0) is 9.53 Å². The highest BCUT2D eigenvalue weighted by Gasteiger charge is 2.36. The van der Waals surface area contributed by atoms with Crippen molar-refractivity contribution in [2.45, 2.75) is 12.8 Å². The molecule has 1 aromatic carbocycles. The molecule has 1 aliphatic heterocycles. The Morgan fingerprint density at radius 3 is 2.70 bits per heavy atom. The zero-order valence-electron chi connectivity index (χ0n) is 12.6. The number of benzene rings is 1. The second kappa shape index (κ2) is 5.72. The minimum atomic E-state index is -0.829. The topological polar surface area (TPSA) is 71.2 Å². The normalized spacial score (nSPS) is 16.6. The fourth-order valence-corrected chi connectivity index (χ4v) is 2.92. The van der Waals surface area contributed by atoms with E-state index in [0.717, 1.165) is 0 Å². The third-order valence-corrected chi connectivity index (χ3v) is 3.92. The Balaban J connectivity index is 2.33. The van der Waals surface area contributed by atoms with Gasteiger partial charge in [-0.05, 0) is 19.1 Å². The van der Waals surface area contributed by atoms with Gasteiger partial charge in [0.1, 0.15) is 5.82 Å². The maximum absolute atomic E-state index is 14.4. The first-order valence-electron chi connectivity index (χ1n) is 7.06. The lowest BCUT2D eigenvalue weighted by atomic mass is 9.81. The number of nitrogens with one attached hydrogen (secondary N) is 2. The van der Waals surface area contributed by atoms with E-state index in [1.807, 2.05) is 0 Å². The Labute approximate surface area is 131 Å². The smallest absolute Gasteiger partial charge is 0.336 e. The molecule has 23 heavy (non-hydrogen) atoms. The Morgan fingerprint density at radius 1 is 1.26 bits per heavy atom. The number of anilines is 1. The number of allylic oxidation sites excluding steroid dienone is 1. The van der Waals surface area contributed by atoms with Crippen LogP contribution < -0.4 is 10.9 Å². The number of methoxy groups -OCH3 is 1. The van der Waals surface area contributed by atoms with E-state index in [-0.39, 0.29) is 16.7 Å². The predicted molar refractivity (Wildman–Crippen MR) is 83.6 cm³/mol. The van der Waals surface area contributed by atoms with Gasteiger partial charge in [0.2, 0.25) is 0 Å². The molecule has 6 heteroatoms. The molecule has 3 rings (SSSR count). The summed E-state index contributed by atoms with van der Waals surface area (Å²) in [6.45, 7) is 1.70. The number of pyridine rings is 1. The summed E-state index contributed by atoms with van der Waals surface area (Å²) >= 11 is 0. The molecule has 2 heterocycles. The Bertz CT molecular complexity index is 870. The zero-order chi connectivity index (χ0) is 16.6. The summed E-state index contributed by atoms with van der Waals surface area (Å²) in [6.07, 6.45) is 1.50. The average Bonchev–Trinajstić information content (AvgIpc) is 2.54.